The highest BCUT2D eigenvalue weighted by Crippen LogP contribution is 2.28. The topological polar surface area (TPSA) is 46.1 Å². The van der Waals surface area contributed by atoms with Crippen LogP contribution in [0.25, 0.3) is 10.2 Å². The molecule has 2 aromatic heterocycles. The second kappa shape index (κ2) is 7.46. The standard InChI is InChI=1S/C16H13ClFN3OS2/c1-21(7-11-12(17)3-2-4-13(11)18)14(22)8-24-16-10-5-6-23-15(10)19-9-20-16/h2-6,9H,7-8H2,1H3. The number of thioether (sulfide) groups is 1. The molecule has 0 saturated carbocycles. The lowest BCUT2D eigenvalue weighted by atomic mass is 10.2. The van der Waals surface area contributed by atoms with Crippen molar-refractivity contribution in [1.29, 1.82) is 0 Å². The van der Waals surface area contributed by atoms with Gasteiger partial charge in [0, 0.05) is 29.6 Å². The van der Waals surface area contributed by atoms with Gasteiger partial charge in [-0.05, 0) is 23.6 Å². The van der Waals surface area contributed by atoms with Crippen molar-refractivity contribution >= 4 is 50.8 Å². The number of aromatic nitrogens is 2. The molecule has 3 aromatic rings. The SMILES string of the molecule is CN(Cc1c(F)cccc1Cl)C(=O)CSc1ncnc2sccc12. The van der Waals surface area contributed by atoms with Crippen molar-refractivity contribution in [2.24, 2.45) is 0 Å². The first-order valence-corrected chi connectivity index (χ1v) is 9.28. The van der Waals surface area contributed by atoms with Crippen molar-refractivity contribution in [1.82, 2.24) is 14.9 Å². The van der Waals surface area contributed by atoms with E-state index in [-0.39, 0.29) is 18.2 Å². The Morgan fingerprint density at radius 1 is 1.38 bits per heavy atom. The van der Waals surface area contributed by atoms with Crippen LogP contribution in [0.15, 0.2) is 41.0 Å². The lowest BCUT2D eigenvalue weighted by molar-refractivity contribution is -0.127. The smallest absolute Gasteiger partial charge is 0.233 e. The van der Waals surface area contributed by atoms with Gasteiger partial charge in [-0.25, -0.2) is 14.4 Å². The van der Waals surface area contributed by atoms with Gasteiger partial charge in [0.15, 0.2) is 0 Å². The number of carbonyl (C=O) groups excluding carboxylic acids is 1. The maximum atomic E-state index is 13.8. The Kier molecular flexibility index (Phi) is 5.33. The van der Waals surface area contributed by atoms with E-state index in [1.165, 1.54) is 40.4 Å². The monoisotopic (exact) mass is 381 g/mol. The molecule has 8 heteroatoms. The number of carbonyl (C=O) groups is 1. The van der Waals surface area contributed by atoms with Crippen LogP contribution in [0.4, 0.5) is 4.39 Å². The third kappa shape index (κ3) is 3.68. The third-order valence-corrected chi connectivity index (χ3v) is 5.61. The number of halogens is 2. The molecule has 4 nitrogen and oxygen atoms in total. The molecule has 0 saturated heterocycles. The van der Waals surface area contributed by atoms with Crippen molar-refractivity contribution in [2.75, 3.05) is 12.8 Å². The Morgan fingerprint density at radius 2 is 2.21 bits per heavy atom. The number of hydrogen-bond donors (Lipinski definition) is 0. The van der Waals surface area contributed by atoms with E-state index < -0.39 is 5.82 Å². The second-order valence-corrected chi connectivity index (χ2v) is 7.32. The molecule has 0 spiro atoms. The summed E-state index contributed by atoms with van der Waals surface area (Å²) < 4.78 is 13.8. The fraction of sp³-hybridized carbons (Fsp3) is 0.188. The summed E-state index contributed by atoms with van der Waals surface area (Å²) in [6.45, 7) is 0.128. The first-order valence-electron chi connectivity index (χ1n) is 7.04. The van der Waals surface area contributed by atoms with Crippen molar-refractivity contribution in [3.05, 3.63) is 52.4 Å². The molecule has 0 atom stereocenters. The van der Waals surface area contributed by atoms with Gasteiger partial charge >= 0.3 is 0 Å². The van der Waals surface area contributed by atoms with E-state index in [9.17, 15) is 9.18 Å². The van der Waals surface area contributed by atoms with E-state index in [4.69, 9.17) is 11.6 Å². The summed E-state index contributed by atoms with van der Waals surface area (Å²) in [4.78, 5) is 23.1. The number of amides is 1. The molecule has 1 aromatic carbocycles. The van der Waals surface area contributed by atoms with Gasteiger partial charge in [0.1, 0.15) is 22.0 Å². The normalized spacial score (nSPS) is 11.0. The lowest BCUT2D eigenvalue weighted by Gasteiger charge is -2.18. The van der Waals surface area contributed by atoms with E-state index >= 15 is 0 Å². The molecule has 3 rings (SSSR count). The predicted octanol–water partition coefficient (Wildman–Crippen LogP) is 4.23. The molecule has 0 aliphatic carbocycles. The molecule has 0 unspecified atom stereocenters. The predicted molar refractivity (Wildman–Crippen MR) is 96.0 cm³/mol. The number of thiophene rings is 1. The molecule has 0 aliphatic heterocycles. The summed E-state index contributed by atoms with van der Waals surface area (Å²) in [5, 5.41) is 3.97. The molecule has 124 valence electrons. The first kappa shape index (κ1) is 17.1. The lowest BCUT2D eigenvalue weighted by Crippen LogP contribution is -2.28. The molecular formula is C16H13ClFN3OS2. The molecule has 0 aliphatic rings. The fourth-order valence-electron chi connectivity index (χ4n) is 2.13. The maximum absolute atomic E-state index is 13.8. The van der Waals surface area contributed by atoms with Crippen molar-refractivity contribution in [3.63, 3.8) is 0 Å². The van der Waals surface area contributed by atoms with Crippen LogP contribution in [0.5, 0.6) is 0 Å². The molecule has 0 fully saturated rings. The number of rotatable bonds is 5. The number of nitrogens with zero attached hydrogens (tertiary/aromatic N) is 3. The molecule has 2 heterocycles. The molecule has 0 bridgehead atoms. The molecule has 0 radical (unpaired) electrons. The van der Waals surface area contributed by atoms with Gasteiger partial charge in [-0.3, -0.25) is 4.79 Å². The number of fused-ring (bicyclic) bond motifs is 1. The van der Waals surface area contributed by atoms with E-state index in [1.54, 1.807) is 19.2 Å². The van der Waals surface area contributed by atoms with E-state index in [1.807, 2.05) is 11.4 Å². The zero-order valence-electron chi connectivity index (χ0n) is 12.7. The third-order valence-electron chi connectivity index (χ3n) is 3.44. The molecule has 0 N–H and O–H groups in total. The Morgan fingerprint density at radius 3 is 3.00 bits per heavy atom. The van der Waals surface area contributed by atoms with Crippen LogP contribution in [0, 0.1) is 5.82 Å². The highest BCUT2D eigenvalue weighted by atomic mass is 35.5. The van der Waals surface area contributed by atoms with Crippen LogP contribution in [0.1, 0.15) is 5.56 Å². The minimum absolute atomic E-state index is 0.124. The van der Waals surface area contributed by atoms with Gasteiger partial charge in [0.05, 0.1) is 5.75 Å². The van der Waals surface area contributed by atoms with Crippen LogP contribution in [0.3, 0.4) is 0 Å². The summed E-state index contributed by atoms with van der Waals surface area (Å²) >= 11 is 8.88. The molecule has 24 heavy (non-hydrogen) atoms. The maximum Gasteiger partial charge on any atom is 0.233 e. The van der Waals surface area contributed by atoms with Gasteiger partial charge in [0.25, 0.3) is 0 Å². The van der Waals surface area contributed by atoms with Crippen molar-refractivity contribution in [2.45, 2.75) is 11.6 Å². The number of hydrogen-bond acceptors (Lipinski definition) is 5. The summed E-state index contributed by atoms with van der Waals surface area (Å²) in [5.74, 6) is -0.322. The zero-order chi connectivity index (χ0) is 17.1. The Bertz CT molecular complexity index is 866. The van der Waals surface area contributed by atoms with Gasteiger partial charge in [-0.1, -0.05) is 29.4 Å². The molecule has 1 amide bonds. The quantitative estimate of drug-likeness (QED) is 0.490. The Hall–Kier alpha value is -1.70. The van der Waals surface area contributed by atoms with Gasteiger partial charge < -0.3 is 4.90 Å². The van der Waals surface area contributed by atoms with E-state index in [0.29, 0.717) is 10.6 Å². The van der Waals surface area contributed by atoms with Gasteiger partial charge in [0.2, 0.25) is 5.91 Å². The average molecular weight is 382 g/mol. The van der Waals surface area contributed by atoms with E-state index in [0.717, 1.165) is 15.2 Å². The van der Waals surface area contributed by atoms with Crippen molar-refractivity contribution < 1.29 is 9.18 Å². The van der Waals surface area contributed by atoms with Crippen LogP contribution in [-0.4, -0.2) is 33.6 Å². The second-order valence-electron chi connectivity index (χ2n) is 5.06. The fourth-order valence-corrected chi connectivity index (χ4v) is 4.07. The Labute approximate surface area is 151 Å². The molecular weight excluding hydrogens is 369 g/mol. The Balaban J connectivity index is 1.65. The van der Waals surface area contributed by atoms with Gasteiger partial charge in [-0.2, -0.15) is 0 Å². The minimum atomic E-state index is -0.411. The minimum Gasteiger partial charge on any atom is -0.341 e. The summed E-state index contributed by atoms with van der Waals surface area (Å²) in [7, 11) is 1.63. The largest absolute Gasteiger partial charge is 0.341 e. The van der Waals surface area contributed by atoms with Crippen LogP contribution < -0.4 is 0 Å². The van der Waals surface area contributed by atoms with E-state index in [2.05, 4.69) is 9.97 Å². The van der Waals surface area contributed by atoms with Crippen molar-refractivity contribution in [3.8, 4) is 0 Å². The van der Waals surface area contributed by atoms with Crippen LogP contribution in [0.2, 0.25) is 5.02 Å². The average Bonchev–Trinajstić information content (AvgIpc) is 3.05. The summed E-state index contributed by atoms with van der Waals surface area (Å²) in [6.07, 6.45) is 1.49. The first-order chi connectivity index (χ1) is 11.6. The summed E-state index contributed by atoms with van der Waals surface area (Å²) in [5.41, 5.74) is 0.322. The highest BCUT2D eigenvalue weighted by molar-refractivity contribution is 8.00. The van der Waals surface area contributed by atoms with Gasteiger partial charge in [-0.15, -0.1) is 11.3 Å². The summed E-state index contributed by atoms with van der Waals surface area (Å²) in [6, 6.07) is 6.43. The van der Waals surface area contributed by atoms with Crippen LogP contribution in [-0.2, 0) is 11.3 Å². The van der Waals surface area contributed by atoms with Crippen LogP contribution >= 0.6 is 34.7 Å². The number of benzene rings is 1. The highest BCUT2D eigenvalue weighted by Gasteiger charge is 2.15. The zero-order valence-corrected chi connectivity index (χ0v) is 15.1.